The van der Waals surface area contributed by atoms with Crippen molar-refractivity contribution in [3.8, 4) is 0 Å². The van der Waals surface area contributed by atoms with Crippen LogP contribution in [0.25, 0.3) is 0 Å². The molecule has 0 aliphatic carbocycles. The summed E-state index contributed by atoms with van der Waals surface area (Å²) in [5.74, 6) is 0. The van der Waals surface area contributed by atoms with E-state index in [1.54, 1.807) is 0 Å². The van der Waals surface area contributed by atoms with Gasteiger partial charge < -0.3 is 4.74 Å². The van der Waals surface area contributed by atoms with Crippen LogP contribution in [0.1, 0.15) is 19.0 Å². The van der Waals surface area contributed by atoms with E-state index in [0.717, 1.165) is 36.3 Å². The number of nitrogens with zero attached hydrogens (tertiary/aromatic N) is 3. The standard InChI is InChI=1S/C8H14IN3O/c1-2-13-5-3-4-12-7-8(6-9)10-11-12/h7H,2-6H2,1H3. The van der Waals surface area contributed by atoms with E-state index in [4.69, 9.17) is 4.74 Å². The van der Waals surface area contributed by atoms with Gasteiger partial charge in [0.25, 0.3) is 0 Å². The maximum absolute atomic E-state index is 5.23. The Bertz CT molecular complexity index is 239. The van der Waals surface area contributed by atoms with Crippen LogP contribution in [0.3, 0.4) is 0 Å². The van der Waals surface area contributed by atoms with Crippen molar-refractivity contribution in [2.45, 2.75) is 24.3 Å². The molecule has 0 N–H and O–H groups in total. The zero-order valence-electron chi connectivity index (χ0n) is 7.74. The maximum Gasteiger partial charge on any atom is 0.0924 e. The van der Waals surface area contributed by atoms with E-state index >= 15 is 0 Å². The van der Waals surface area contributed by atoms with Crippen molar-refractivity contribution >= 4 is 22.6 Å². The largest absolute Gasteiger partial charge is 0.382 e. The van der Waals surface area contributed by atoms with E-state index in [2.05, 4.69) is 32.9 Å². The lowest BCUT2D eigenvalue weighted by atomic mass is 10.4. The number of ether oxygens (including phenoxy) is 1. The van der Waals surface area contributed by atoms with Gasteiger partial charge in [-0.3, -0.25) is 4.68 Å². The first-order valence-corrected chi connectivity index (χ1v) is 5.92. The van der Waals surface area contributed by atoms with Crippen molar-refractivity contribution in [2.24, 2.45) is 0 Å². The van der Waals surface area contributed by atoms with Gasteiger partial charge in [0, 0.05) is 30.4 Å². The number of hydrogen-bond donors (Lipinski definition) is 0. The summed E-state index contributed by atoms with van der Waals surface area (Å²) in [6, 6.07) is 0. The molecule has 0 saturated heterocycles. The lowest BCUT2D eigenvalue weighted by Crippen LogP contribution is -2.03. The van der Waals surface area contributed by atoms with E-state index < -0.39 is 0 Å². The molecule has 0 bridgehead atoms. The van der Waals surface area contributed by atoms with E-state index in [1.807, 2.05) is 17.8 Å². The van der Waals surface area contributed by atoms with Gasteiger partial charge in [-0.1, -0.05) is 27.8 Å². The Hall–Kier alpha value is -0.170. The van der Waals surface area contributed by atoms with Gasteiger partial charge in [0.1, 0.15) is 0 Å². The number of hydrogen-bond acceptors (Lipinski definition) is 3. The maximum atomic E-state index is 5.23. The number of aromatic nitrogens is 3. The average molecular weight is 295 g/mol. The van der Waals surface area contributed by atoms with Crippen LogP contribution in [0, 0.1) is 0 Å². The van der Waals surface area contributed by atoms with Crippen molar-refractivity contribution < 1.29 is 4.74 Å². The van der Waals surface area contributed by atoms with Crippen LogP contribution in [0.5, 0.6) is 0 Å². The molecular formula is C8H14IN3O. The molecule has 1 heterocycles. The fourth-order valence-electron chi connectivity index (χ4n) is 0.982. The van der Waals surface area contributed by atoms with Gasteiger partial charge in [0.15, 0.2) is 0 Å². The summed E-state index contributed by atoms with van der Waals surface area (Å²) < 4.78 is 8.01. The van der Waals surface area contributed by atoms with Crippen molar-refractivity contribution in [3.05, 3.63) is 11.9 Å². The first-order chi connectivity index (χ1) is 6.36. The lowest BCUT2D eigenvalue weighted by Gasteiger charge is -2.00. The van der Waals surface area contributed by atoms with Crippen molar-refractivity contribution in [3.63, 3.8) is 0 Å². The molecule has 74 valence electrons. The molecule has 1 rings (SSSR count). The lowest BCUT2D eigenvalue weighted by molar-refractivity contribution is 0.140. The minimum atomic E-state index is 0.788. The molecule has 0 saturated carbocycles. The highest BCUT2D eigenvalue weighted by molar-refractivity contribution is 14.1. The normalized spacial score (nSPS) is 10.6. The molecule has 0 radical (unpaired) electrons. The Morgan fingerprint density at radius 3 is 3.08 bits per heavy atom. The molecule has 1 aromatic heterocycles. The minimum Gasteiger partial charge on any atom is -0.382 e. The van der Waals surface area contributed by atoms with Gasteiger partial charge in [0.2, 0.25) is 0 Å². The average Bonchev–Trinajstić information content (AvgIpc) is 2.60. The summed E-state index contributed by atoms with van der Waals surface area (Å²) in [6.45, 7) is 4.49. The second-order valence-corrected chi connectivity index (χ2v) is 3.42. The quantitative estimate of drug-likeness (QED) is 0.455. The van der Waals surface area contributed by atoms with Crippen LogP contribution >= 0.6 is 22.6 Å². The molecule has 0 amide bonds. The monoisotopic (exact) mass is 295 g/mol. The highest BCUT2D eigenvalue weighted by Gasteiger charge is 1.97. The molecule has 0 atom stereocenters. The highest BCUT2D eigenvalue weighted by Crippen LogP contribution is 2.00. The van der Waals surface area contributed by atoms with Crippen LogP contribution < -0.4 is 0 Å². The number of rotatable bonds is 6. The second kappa shape index (κ2) is 6.31. The van der Waals surface area contributed by atoms with Gasteiger partial charge in [-0.25, -0.2) is 0 Å². The van der Waals surface area contributed by atoms with E-state index in [0.29, 0.717) is 0 Å². The molecule has 13 heavy (non-hydrogen) atoms. The Balaban J connectivity index is 2.20. The van der Waals surface area contributed by atoms with Crippen LogP contribution in [0.15, 0.2) is 6.20 Å². The molecule has 4 nitrogen and oxygen atoms in total. The van der Waals surface area contributed by atoms with Gasteiger partial charge >= 0.3 is 0 Å². The fraction of sp³-hybridized carbons (Fsp3) is 0.750. The first-order valence-electron chi connectivity index (χ1n) is 4.39. The number of alkyl halides is 1. The summed E-state index contributed by atoms with van der Waals surface area (Å²) in [5.41, 5.74) is 1.04. The highest BCUT2D eigenvalue weighted by atomic mass is 127. The number of aryl methyl sites for hydroxylation is 1. The van der Waals surface area contributed by atoms with Crippen molar-refractivity contribution in [1.82, 2.24) is 15.0 Å². The zero-order chi connectivity index (χ0) is 9.52. The van der Waals surface area contributed by atoms with Crippen LogP contribution in [0.4, 0.5) is 0 Å². The topological polar surface area (TPSA) is 39.9 Å². The molecule has 0 aliphatic heterocycles. The molecule has 1 aromatic rings. The predicted octanol–water partition coefficient (Wildman–Crippen LogP) is 1.64. The summed E-state index contributed by atoms with van der Waals surface area (Å²) in [5, 5.41) is 7.99. The van der Waals surface area contributed by atoms with E-state index in [1.165, 1.54) is 0 Å². The third kappa shape index (κ3) is 4.04. The van der Waals surface area contributed by atoms with Gasteiger partial charge in [-0.2, -0.15) is 0 Å². The summed E-state index contributed by atoms with van der Waals surface area (Å²) >= 11 is 2.28. The fourth-order valence-corrected chi connectivity index (χ4v) is 1.33. The van der Waals surface area contributed by atoms with Gasteiger partial charge in [-0.05, 0) is 13.3 Å². The molecule has 0 unspecified atom stereocenters. The SMILES string of the molecule is CCOCCCn1cc(CI)nn1. The summed E-state index contributed by atoms with van der Waals surface area (Å²) in [6.07, 6.45) is 2.98. The zero-order valence-corrected chi connectivity index (χ0v) is 9.90. The Morgan fingerprint density at radius 2 is 2.46 bits per heavy atom. The molecule has 0 aromatic carbocycles. The third-order valence-corrected chi connectivity index (χ3v) is 2.38. The molecule has 5 heteroatoms. The minimum absolute atomic E-state index is 0.788. The molecule has 0 spiro atoms. The van der Waals surface area contributed by atoms with E-state index in [9.17, 15) is 0 Å². The van der Waals surface area contributed by atoms with Crippen LogP contribution in [-0.4, -0.2) is 28.2 Å². The Kier molecular flexibility index (Phi) is 5.29. The van der Waals surface area contributed by atoms with Gasteiger partial charge in [-0.15, -0.1) is 5.10 Å². The first kappa shape index (κ1) is 10.9. The predicted molar refractivity (Wildman–Crippen MR) is 58.9 cm³/mol. The molecule has 0 aliphatic rings. The van der Waals surface area contributed by atoms with Crippen LogP contribution in [-0.2, 0) is 15.7 Å². The third-order valence-electron chi connectivity index (χ3n) is 1.60. The molecule has 0 fully saturated rings. The van der Waals surface area contributed by atoms with Crippen molar-refractivity contribution in [2.75, 3.05) is 13.2 Å². The Morgan fingerprint density at radius 1 is 1.62 bits per heavy atom. The summed E-state index contributed by atoms with van der Waals surface area (Å²) in [4.78, 5) is 0. The Labute approximate surface area is 91.8 Å². The number of halogens is 1. The smallest absolute Gasteiger partial charge is 0.0924 e. The van der Waals surface area contributed by atoms with Gasteiger partial charge in [0.05, 0.1) is 5.69 Å². The van der Waals surface area contributed by atoms with Crippen LogP contribution in [0.2, 0.25) is 0 Å². The second-order valence-electron chi connectivity index (χ2n) is 2.66. The van der Waals surface area contributed by atoms with E-state index in [-0.39, 0.29) is 0 Å². The molecular weight excluding hydrogens is 281 g/mol. The summed E-state index contributed by atoms with van der Waals surface area (Å²) in [7, 11) is 0. The van der Waals surface area contributed by atoms with Crippen molar-refractivity contribution in [1.29, 1.82) is 0 Å².